The van der Waals surface area contributed by atoms with Crippen LogP contribution in [0.15, 0.2) is 4.99 Å². The molecular weight excluding hydrogens is 339 g/mol. The molecule has 0 spiro atoms. The predicted octanol–water partition coefficient (Wildman–Crippen LogP) is 2.05. The second kappa shape index (κ2) is 10.8. The lowest BCUT2D eigenvalue weighted by atomic mass is 10.0. The van der Waals surface area contributed by atoms with Crippen molar-refractivity contribution in [1.29, 1.82) is 0 Å². The van der Waals surface area contributed by atoms with Gasteiger partial charge in [0.25, 0.3) is 0 Å². The van der Waals surface area contributed by atoms with Crippen molar-refractivity contribution < 1.29 is 0 Å². The number of hydrogen-bond donors (Lipinski definition) is 2. The summed E-state index contributed by atoms with van der Waals surface area (Å²) in [5.74, 6) is 0.944. The summed E-state index contributed by atoms with van der Waals surface area (Å²) >= 11 is 0. The second-order valence-corrected chi connectivity index (χ2v) is 4.67. The molecule has 1 aliphatic heterocycles. The Balaban J connectivity index is 0.00000289. The number of likely N-dealkylation sites (tertiary alicyclic amines) is 1. The first-order chi connectivity index (χ1) is 8.27. The van der Waals surface area contributed by atoms with Gasteiger partial charge in [-0.3, -0.25) is 9.89 Å². The number of nitrogens with one attached hydrogen (secondary N) is 2. The average molecular weight is 368 g/mol. The molecule has 1 aliphatic rings. The number of piperidine rings is 1. The van der Waals surface area contributed by atoms with Gasteiger partial charge in [0.15, 0.2) is 5.96 Å². The van der Waals surface area contributed by atoms with Crippen molar-refractivity contribution in [2.75, 3.05) is 32.7 Å². The molecule has 5 heteroatoms. The first kappa shape index (κ1) is 18.0. The molecule has 1 fully saturated rings. The minimum absolute atomic E-state index is 0. The van der Waals surface area contributed by atoms with Crippen molar-refractivity contribution in [3.8, 4) is 0 Å². The maximum atomic E-state index is 4.58. The van der Waals surface area contributed by atoms with Crippen LogP contribution in [0.4, 0.5) is 0 Å². The van der Waals surface area contributed by atoms with Crippen LogP contribution in [0.3, 0.4) is 0 Å². The fourth-order valence-electron chi connectivity index (χ4n) is 2.29. The average Bonchev–Trinajstić information content (AvgIpc) is 2.32. The molecule has 0 aromatic carbocycles. The third-order valence-electron chi connectivity index (χ3n) is 3.29. The number of aliphatic imine (C=N–C) groups is 1. The lowest BCUT2D eigenvalue weighted by Gasteiger charge is -2.32. The lowest BCUT2D eigenvalue weighted by molar-refractivity contribution is 0.166. The fraction of sp³-hybridized carbons (Fsp3) is 0.923. The van der Waals surface area contributed by atoms with Gasteiger partial charge in [0.2, 0.25) is 0 Å². The number of rotatable bonds is 5. The minimum atomic E-state index is 0. The standard InChI is InChI=1S/C13H28N4.HI/c1-4-14-13(15-5-2)16-9-11-17-10-7-6-8-12(17)3;/h12H,4-11H2,1-3H3,(H2,14,15,16);1H. The van der Waals surface area contributed by atoms with E-state index in [1.165, 1.54) is 25.8 Å². The largest absolute Gasteiger partial charge is 0.357 e. The van der Waals surface area contributed by atoms with E-state index in [9.17, 15) is 0 Å². The highest BCUT2D eigenvalue weighted by molar-refractivity contribution is 14.0. The van der Waals surface area contributed by atoms with Gasteiger partial charge in [0.05, 0.1) is 6.54 Å². The Labute approximate surface area is 129 Å². The van der Waals surface area contributed by atoms with E-state index in [2.05, 4.69) is 41.3 Å². The Bertz CT molecular complexity index is 225. The third-order valence-corrected chi connectivity index (χ3v) is 3.29. The monoisotopic (exact) mass is 368 g/mol. The zero-order valence-electron chi connectivity index (χ0n) is 12.0. The van der Waals surface area contributed by atoms with E-state index in [4.69, 9.17) is 0 Å². The Kier molecular flexibility index (Phi) is 10.8. The zero-order valence-corrected chi connectivity index (χ0v) is 14.4. The van der Waals surface area contributed by atoms with E-state index in [1.54, 1.807) is 0 Å². The SMILES string of the molecule is CCNC(=NCCN1CCCCC1C)NCC.I. The fourth-order valence-corrected chi connectivity index (χ4v) is 2.29. The van der Waals surface area contributed by atoms with E-state index in [0.717, 1.165) is 38.2 Å². The Morgan fingerprint density at radius 3 is 2.44 bits per heavy atom. The smallest absolute Gasteiger partial charge is 0.191 e. The summed E-state index contributed by atoms with van der Waals surface area (Å²) in [5.41, 5.74) is 0. The van der Waals surface area contributed by atoms with Gasteiger partial charge >= 0.3 is 0 Å². The highest BCUT2D eigenvalue weighted by Gasteiger charge is 2.16. The first-order valence-electron chi connectivity index (χ1n) is 7.04. The van der Waals surface area contributed by atoms with Crippen molar-refractivity contribution in [1.82, 2.24) is 15.5 Å². The van der Waals surface area contributed by atoms with Gasteiger partial charge in [-0.15, -0.1) is 24.0 Å². The Morgan fingerprint density at radius 2 is 1.89 bits per heavy atom. The number of halogens is 1. The molecule has 4 nitrogen and oxygen atoms in total. The number of nitrogens with zero attached hydrogens (tertiary/aromatic N) is 2. The molecule has 0 saturated carbocycles. The van der Waals surface area contributed by atoms with E-state index >= 15 is 0 Å². The molecule has 108 valence electrons. The van der Waals surface area contributed by atoms with Gasteiger partial charge in [-0.2, -0.15) is 0 Å². The maximum Gasteiger partial charge on any atom is 0.191 e. The van der Waals surface area contributed by atoms with Gasteiger partial charge in [-0.25, -0.2) is 0 Å². The molecule has 1 heterocycles. The number of guanidine groups is 1. The maximum absolute atomic E-state index is 4.58. The summed E-state index contributed by atoms with van der Waals surface area (Å²) in [6.07, 6.45) is 4.08. The molecule has 0 aliphatic carbocycles. The van der Waals surface area contributed by atoms with Gasteiger partial charge in [0, 0.05) is 25.7 Å². The van der Waals surface area contributed by atoms with Crippen LogP contribution in [0.5, 0.6) is 0 Å². The van der Waals surface area contributed by atoms with Crippen LogP contribution in [0.25, 0.3) is 0 Å². The van der Waals surface area contributed by atoms with Crippen LogP contribution in [-0.2, 0) is 0 Å². The van der Waals surface area contributed by atoms with Crippen LogP contribution in [0.1, 0.15) is 40.0 Å². The second-order valence-electron chi connectivity index (χ2n) is 4.67. The summed E-state index contributed by atoms with van der Waals surface area (Å²) in [7, 11) is 0. The summed E-state index contributed by atoms with van der Waals surface area (Å²) in [6.45, 7) is 11.6. The highest BCUT2D eigenvalue weighted by Crippen LogP contribution is 2.15. The predicted molar refractivity (Wildman–Crippen MR) is 90.0 cm³/mol. The van der Waals surface area contributed by atoms with Crippen molar-refractivity contribution in [2.24, 2.45) is 4.99 Å². The van der Waals surface area contributed by atoms with Crippen LogP contribution in [0.2, 0.25) is 0 Å². The van der Waals surface area contributed by atoms with Crippen molar-refractivity contribution in [3.63, 3.8) is 0 Å². The molecule has 1 atom stereocenters. The van der Waals surface area contributed by atoms with Gasteiger partial charge in [0.1, 0.15) is 0 Å². The van der Waals surface area contributed by atoms with Gasteiger partial charge in [-0.1, -0.05) is 6.42 Å². The third kappa shape index (κ3) is 6.78. The van der Waals surface area contributed by atoms with E-state index in [0.29, 0.717) is 0 Å². The Morgan fingerprint density at radius 1 is 1.22 bits per heavy atom. The van der Waals surface area contributed by atoms with Gasteiger partial charge in [-0.05, 0) is 40.2 Å². The molecule has 2 N–H and O–H groups in total. The molecule has 18 heavy (non-hydrogen) atoms. The van der Waals surface area contributed by atoms with Gasteiger partial charge < -0.3 is 10.6 Å². The van der Waals surface area contributed by atoms with E-state index < -0.39 is 0 Å². The van der Waals surface area contributed by atoms with E-state index in [-0.39, 0.29) is 24.0 Å². The number of hydrogen-bond acceptors (Lipinski definition) is 2. The van der Waals surface area contributed by atoms with Crippen molar-refractivity contribution >= 4 is 29.9 Å². The first-order valence-corrected chi connectivity index (χ1v) is 7.04. The summed E-state index contributed by atoms with van der Waals surface area (Å²) in [5, 5.41) is 6.51. The quantitative estimate of drug-likeness (QED) is 0.443. The summed E-state index contributed by atoms with van der Waals surface area (Å²) in [6, 6.07) is 0.737. The van der Waals surface area contributed by atoms with E-state index in [1.807, 2.05) is 0 Å². The molecule has 0 radical (unpaired) electrons. The molecule has 0 aromatic heterocycles. The van der Waals surface area contributed by atoms with Crippen molar-refractivity contribution in [3.05, 3.63) is 0 Å². The molecular formula is C13H29IN4. The molecule has 0 bridgehead atoms. The zero-order chi connectivity index (χ0) is 12.5. The Hall–Kier alpha value is -0.0400. The summed E-state index contributed by atoms with van der Waals surface area (Å²) in [4.78, 5) is 7.14. The molecule has 1 unspecified atom stereocenters. The molecule has 0 amide bonds. The van der Waals surface area contributed by atoms with Crippen LogP contribution >= 0.6 is 24.0 Å². The normalized spacial score (nSPS) is 19.8. The van der Waals surface area contributed by atoms with Crippen LogP contribution in [-0.4, -0.2) is 49.6 Å². The topological polar surface area (TPSA) is 39.7 Å². The molecule has 0 aromatic rings. The minimum Gasteiger partial charge on any atom is -0.357 e. The molecule has 1 rings (SSSR count). The van der Waals surface area contributed by atoms with Crippen LogP contribution < -0.4 is 10.6 Å². The lowest BCUT2D eigenvalue weighted by Crippen LogP contribution is -2.40. The van der Waals surface area contributed by atoms with Crippen molar-refractivity contribution in [2.45, 2.75) is 46.1 Å². The highest BCUT2D eigenvalue weighted by atomic mass is 127. The molecule has 1 saturated heterocycles. The van der Waals surface area contributed by atoms with Crippen LogP contribution in [0, 0.1) is 0 Å². The summed E-state index contributed by atoms with van der Waals surface area (Å²) < 4.78 is 0.